The highest BCUT2D eigenvalue weighted by Crippen LogP contribution is 2.29. The third-order valence-corrected chi connectivity index (χ3v) is 4.35. The molecule has 0 amide bonds. The quantitative estimate of drug-likeness (QED) is 0.915. The Morgan fingerprint density at radius 3 is 3.10 bits per heavy atom. The van der Waals surface area contributed by atoms with E-state index in [4.69, 9.17) is 4.74 Å². The molecule has 0 aliphatic carbocycles. The van der Waals surface area contributed by atoms with Crippen LogP contribution >= 0.6 is 0 Å². The van der Waals surface area contributed by atoms with Gasteiger partial charge in [0.15, 0.2) is 0 Å². The lowest BCUT2D eigenvalue weighted by molar-refractivity contribution is -0.0725. The van der Waals surface area contributed by atoms with Gasteiger partial charge in [0.05, 0.1) is 24.1 Å². The van der Waals surface area contributed by atoms with E-state index >= 15 is 0 Å². The van der Waals surface area contributed by atoms with Gasteiger partial charge in [0.2, 0.25) is 0 Å². The summed E-state index contributed by atoms with van der Waals surface area (Å²) in [6, 6.07) is 4.38. The molecular weight excluding hydrogens is 250 g/mol. The van der Waals surface area contributed by atoms with Crippen LogP contribution in [-0.2, 0) is 11.2 Å². The van der Waals surface area contributed by atoms with Gasteiger partial charge in [0.25, 0.3) is 0 Å². The second kappa shape index (κ2) is 6.10. The van der Waals surface area contributed by atoms with Crippen LogP contribution in [0.15, 0.2) is 18.3 Å². The van der Waals surface area contributed by atoms with Crippen molar-refractivity contribution in [3.05, 3.63) is 24.0 Å². The van der Waals surface area contributed by atoms with Crippen LogP contribution < -0.4 is 10.2 Å². The third-order valence-electron chi connectivity index (χ3n) is 4.35. The molecule has 0 bridgehead atoms. The molecule has 3 rings (SSSR count). The molecule has 4 heteroatoms. The molecule has 1 unspecified atom stereocenters. The number of anilines is 1. The molecule has 1 N–H and O–H groups in total. The second-order valence-electron chi connectivity index (χ2n) is 5.99. The molecule has 110 valence electrons. The molecule has 0 saturated carbocycles. The molecule has 2 aliphatic rings. The summed E-state index contributed by atoms with van der Waals surface area (Å²) in [5.41, 5.74) is 2.44. The molecule has 1 spiro atoms. The Labute approximate surface area is 121 Å². The molecule has 0 aromatic carbocycles. The highest BCUT2D eigenvalue weighted by molar-refractivity contribution is 5.45. The first-order chi connectivity index (χ1) is 9.81. The average Bonchev–Trinajstić information content (AvgIpc) is 2.49. The fourth-order valence-electron chi connectivity index (χ4n) is 3.30. The zero-order valence-corrected chi connectivity index (χ0v) is 12.4. The summed E-state index contributed by atoms with van der Waals surface area (Å²) in [6.45, 7) is 7.08. The Morgan fingerprint density at radius 1 is 1.45 bits per heavy atom. The van der Waals surface area contributed by atoms with Gasteiger partial charge in [-0.25, -0.2) is 0 Å². The zero-order chi connectivity index (χ0) is 13.8. The molecule has 0 radical (unpaired) electrons. The number of rotatable bonds is 3. The van der Waals surface area contributed by atoms with Crippen LogP contribution in [0.4, 0.5) is 5.69 Å². The average molecular weight is 275 g/mol. The minimum Gasteiger partial charge on any atom is -0.371 e. The number of hydrogen-bond acceptors (Lipinski definition) is 4. The zero-order valence-electron chi connectivity index (χ0n) is 12.4. The number of morpholine rings is 1. The van der Waals surface area contributed by atoms with Crippen LogP contribution in [0.5, 0.6) is 0 Å². The maximum atomic E-state index is 6.10. The standard InChI is InChI=1S/C16H25N3O/c1-2-4-14-5-6-15(11-18-14)19-9-3-7-16(13-19)12-17-8-10-20-16/h5-6,11,17H,2-4,7-10,12-13H2,1H3. The molecule has 20 heavy (non-hydrogen) atoms. The van der Waals surface area contributed by atoms with E-state index in [9.17, 15) is 0 Å². The van der Waals surface area contributed by atoms with E-state index in [0.29, 0.717) is 0 Å². The molecule has 1 aromatic heterocycles. The highest BCUT2D eigenvalue weighted by Gasteiger charge is 2.38. The van der Waals surface area contributed by atoms with Crippen molar-refractivity contribution in [2.24, 2.45) is 0 Å². The predicted molar refractivity (Wildman–Crippen MR) is 81.2 cm³/mol. The van der Waals surface area contributed by atoms with Gasteiger partial charge in [-0.3, -0.25) is 4.98 Å². The summed E-state index contributed by atoms with van der Waals surface area (Å²) >= 11 is 0. The lowest BCUT2D eigenvalue weighted by atomic mass is 9.91. The predicted octanol–water partition coefficient (Wildman–Crippen LogP) is 1.99. The van der Waals surface area contributed by atoms with Crippen molar-refractivity contribution in [3.63, 3.8) is 0 Å². The summed E-state index contributed by atoms with van der Waals surface area (Å²) in [7, 11) is 0. The molecule has 3 heterocycles. The van der Waals surface area contributed by atoms with Gasteiger partial charge in [0, 0.05) is 31.9 Å². The van der Waals surface area contributed by atoms with E-state index in [2.05, 4.69) is 34.3 Å². The van der Waals surface area contributed by atoms with Crippen molar-refractivity contribution < 1.29 is 4.74 Å². The summed E-state index contributed by atoms with van der Waals surface area (Å²) in [6.07, 6.45) is 6.60. The molecule has 1 atom stereocenters. The van der Waals surface area contributed by atoms with E-state index < -0.39 is 0 Å². The van der Waals surface area contributed by atoms with E-state index in [1.54, 1.807) is 0 Å². The fourth-order valence-corrected chi connectivity index (χ4v) is 3.30. The van der Waals surface area contributed by atoms with Gasteiger partial charge in [-0.05, 0) is 31.4 Å². The van der Waals surface area contributed by atoms with Crippen molar-refractivity contribution in [1.82, 2.24) is 10.3 Å². The van der Waals surface area contributed by atoms with Crippen molar-refractivity contribution >= 4 is 5.69 Å². The van der Waals surface area contributed by atoms with Gasteiger partial charge < -0.3 is 15.0 Å². The summed E-state index contributed by atoms with van der Waals surface area (Å²) < 4.78 is 6.10. The Hall–Kier alpha value is -1.13. The number of hydrogen-bond donors (Lipinski definition) is 1. The number of nitrogens with one attached hydrogen (secondary N) is 1. The number of pyridine rings is 1. The van der Waals surface area contributed by atoms with Crippen molar-refractivity contribution in [2.45, 2.75) is 38.2 Å². The summed E-state index contributed by atoms with van der Waals surface area (Å²) in [5.74, 6) is 0. The summed E-state index contributed by atoms with van der Waals surface area (Å²) in [5, 5.41) is 3.48. The monoisotopic (exact) mass is 275 g/mol. The second-order valence-corrected chi connectivity index (χ2v) is 5.99. The van der Waals surface area contributed by atoms with Gasteiger partial charge in [-0.15, -0.1) is 0 Å². The van der Waals surface area contributed by atoms with Crippen LogP contribution in [0.1, 0.15) is 31.9 Å². The molecule has 4 nitrogen and oxygen atoms in total. The Morgan fingerprint density at radius 2 is 2.40 bits per heavy atom. The molecule has 2 saturated heterocycles. The number of piperidine rings is 1. The van der Waals surface area contributed by atoms with Crippen LogP contribution in [0.2, 0.25) is 0 Å². The smallest absolute Gasteiger partial charge is 0.0981 e. The Kier molecular flexibility index (Phi) is 4.22. The lowest BCUT2D eigenvalue weighted by Crippen LogP contribution is -2.58. The van der Waals surface area contributed by atoms with Crippen molar-refractivity contribution in [2.75, 3.05) is 37.7 Å². The van der Waals surface area contributed by atoms with E-state index in [1.807, 2.05) is 6.20 Å². The van der Waals surface area contributed by atoms with Crippen LogP contribution in [-0.4, -0.2) is 43.4 Å². The number of aromatic nitrogens is 1. The first kappa shape index (κ1) is 13.8. The van der Waals surface area contributed by atoms with E-state index in [1.165, 1.54) is 17.8 Å². The minimum atomic E-state index is 0.0125. The van der Waals surface area contributed by atoms with Gasteiger partial charge >= 0.3 is 0 Å². The van der Waals surface area contributed by atoms with Crippen LogP contribution in [0.25, 0.3) is 0 Å². The maximum Gasteiger partial charge on any atom is 0.0981 e. The van der Waals surface area contributed by atoms with Crippen LogP contribution in [0.3, 0.4) is 0 Å². The topological polar surface area (TPSA) is 37.4 Å². The van der Waals surface area contributed by atoms with Crippen LogP contribution in [0, 0.1) is 0 Å². The van der Waals surface area contributed by atoms with E-state index in [0.717, 1.165) is 52.0 Å². The summed E-state index contributed by atoms with van der Waals surface area (Å²) in [4.78, 5) is 7.01. The normalized spacial score (nSPS) is 26.9. The van der Waals surface area contributed by atoms with Gasteiger partial charge in [-0.2, -0.15) is 0 Å². The van der Waals surface area contributed by atoms with Crippen molar-refractivity contribution in [3.8, 4) is 0 Å². The molecular formula is C16H25N3O. The maximum absolute atomic E-state index is 6.10. The first-order valence-corrected chi connectivity index (χ1v) is 7.86. The number of ether oxygens (including phenoxy) is 1. The SMILES string of the molecule is CCCc1ccc(N2CCCC3(CNCCO3)C2)cn1. The Bertz CT molecular complexity index is 420. The highest BCUT2D eigenvalue weighted by atomic mass is 16.5. The Balaban J connectivity index is 1.69. The van der Waals surface area contributed by atoms with E-state index in [-0.39, 0.29) is 5.60 Å². The largest absolute Gasteiger partial charge is 0.371 e. The van der Waals surface area contributed by atoms with Gasteiger partial charge in [0.1, 0.15) is 0 Å². The minimum absolute atomic E-state index is 0.0125. The molecule has 2 aliphatic heterocycles. The number of nitrogens with zero attached hydrogens (tertiary/aromatic N) is 2. The first-order valence-electron chi connectivity index (χ1n) is 7.86. The molecule has 2 fully saturated rings. The van der Waals surface area contributed by atoms with Crippen molar-refractivity contribution in [1.29, 1.82) is 0 Å². The third kappa shape index (κ3) is 2.96. The lowest BCUT2D eigenvalue weighted by Gasteiger charge is -2.45. The van der Waals surface area contributed by atoms with Gasteiger partial charge in [-0.1, -0.05) is 13.3 Å². The fraction of sp³-hybridized carbons (Fsp3) is 0.688. The molecule has 1 aromatic rings. The number of aryl methyl sites for hydroxylation is 1.